The van der Waals surface area contributed by atoms with E-state index in [4.69, 9.17) is 4.42 Å². The van der Waals surface area contributed by atoms with Gasteiger partial charge in [-0.15, -0.1) is 0 Å². The minimum Gasteiger partial charge on any atom is -0.451 e. The van der Waals surface area contributed by atoms with Crippen molar-refractivity contribution in [3.8, 4) is 0 Å². The van der Waals surface area contributed by atoms with Crippen LogP contribution in [0.5, 0.6) is 0 Å². The zero-order valence-electron chi connectivity index (χ0n) is 16.5. The van der Waals surface area contributed by atoms with E-state index in [1.54, 1.807) is 12.4 Å². The number of amides is 1. The summed E-state index contributed by atoms with van der Waals surface area (Å²) < 4.78 is 5.86. The van der Waals surface area contributed by atoms with E-state index < -0.39 is 0 Å². The fourth-order valence-corrected chi connectivity index (χ4v) is 3.52. The van der Waals surface area contributed by atoms with Crippen molar-refractivity contribution < 1.29 is 9.21 Å². The van der Waals surface area contributed by atoms with E-state index >= 15 is 0 Å². The number of para-hydroxylation sites is 1. The summed E-state index contributed by atoms with van der Waals surface area (Å²) in [7, 11) is 0. The van der Waals surface area contributed by atoms with Gasteiger partial charge in [-0.1, -0.05) is 48.5 Å². The van der Waals surface area contributed by atoms with Gasteiger partial charge in [0.05, 0.1) is 0 Å². The molecule has 4 aromatic rings. The summed E-state index contributed by atoms with van der Waals surface area (Å²) in [6.07, 6.45) is 5.31. The summed E-state index contributed by atoms with van der Waals surface area (Å²) in [5, 5.41) is 0.941. The lowest BCUT2D eigenvalue weighted by molar-refractivity contribution is 0.0637. The molecule has 2 heterocycles. The highest BCUT2D eigenvalue weighted by Gasteiger charge is 2.24. The standard InChI is InChI=1S/C25H24N2O2/c1-19(11-12-20-7-3-2-4-8-20)27(18-21-13-15-26-16-14-21)25(28)24-17-22-9-5-6-10-23(22)29-24/h2-10,13-17,19H,11-12,18H2,1H3/t19-/m0/s1. The van der Waals surface area contributed by atoms with E-state index in [-0.39, 0.29) is 11.9 Å². The first-order valence-electron chi connectivity index (χ1n) is 9.93. The molecule has 4 heteroatoms. The van der Waals surface area contributed by atoms with Gasteiger partial charge in [0.25, 0.3) is 5.91 Å². The van der Waals surface area contributed by atoms with Crippen LogP contribution in [-0.2, 0) is 13.0 Å². The van der Waals surface area contributed by atoms with E-state index in [1.165, 1.54) is 5.56 Å². The zero-order valence-corrected chi connectivity index (χ0v) is 16.5. The predicted octanol–water partition coefficient (Wildman–Crippen LogP) is 5.49. The second-order valence-corrected chi connectivity index (χ2v) is 7.31. The Morgan fingerprint density at radius 2 is 1.69 bits per heavy atom. The molecule has 2 aromatic heterocycles. The Labute approximate surface area is 170 Å². The molecule has 29 heavy (non-hydrogen) atoms. The van der Waals surface area contributed by atoms with Crippen molar-refractivity contribution in [2.45, 2.75) is 32.4 Å². The van der Waals surface area contributed by atoms with E-state index in [0.717, 1.165) is 29.4 Å². The van der Waals surface area contributed by atoms with E-state index in [2.05, 4.69) is 24.0 Å². The molecule has 2 aromatic carbocycles. The molecule has 0 spiro atoms. The molecule has 0 radical (unpaired) electrons. The number of aryl methyl sites for hydroxylation is 1. The molecule has 146 valence electrons. The summed E-state index contributed by atoms with van der Waals surface area (Å²) in [4.78, 5) is 19.4. The number of hydrogen-bond acceptors (Lipinski definition) is 3. The van der Waals surface area contributed by atoms with Crippen LogP contribution in [0, 0.1) is 0 Å². The van der Waals surface area contributed by atoms with Gasteiger partial charge in [-0.2, -0.15) is 0 Å². The summed E-state index contributed by atoms with van der Waals surface area (Å²) in [6.45, 7) is 2.62. The van der Waals surface area contributed by atoms with Crippen molar-refractivity contribution in [1.82, 2.24) is 9.88 Å². The molecule has 0 N–H and O–H groups in total. The predicted molar refractivity (Wildman–Crippen MR) is 115 cm³/mol. The molecule has 4 rings (SSSR count). The number of fused-ring (bicyclic) bond motifs is 1. The first-order valence-corrected chi connectivity index (χ1v) is 9.93. The Morgan fingerprint density at radius 3 is 2.45 bits per heavy atom. The smallest absolute Gasteiger partial charge is 0.290 e. The lowest BCUT2D eigenvalue weighted by Crippen LogP contribution is -2.38. The molecule has 0 aliphatic carbocycles. The third-order valence-electron chi connectivity index (χ3n) is 5.23. The Morgan fingerprint density at radius 1 is 0.966 bits per heavy atom. The van der Waals surface area contributed by atoms with Crippen LogP contribution in [0.2, 0.25) is 0 Å². The zero-order chi connectivity index (χ0) is 20.1. The summed E-state index contributed by atoms with van der Waals surface area (Å²) in [5.74, 6) is 0.297. The van der Waals surface area contributed by atoms with Crippen LogP contribution in [0.4, 0.5) is 0 Å². The van der Waals surface area contributed by atoms with Crippen molar-refractivity contribution in [3.05, 3.63) is 102 Å². The van der Waals surface area contributed by atoms with Gasteiger partial charge in [0.2, 0.25) is 0 Å². The number of benzene rings is 2. The normalized spacial score (nSPS) is 12.0. The van der Waals surface area contributed by atoms with Crippen molar-refractivity contribution in [2.75, 3.05) is 0 Å². The number of carbonyl (C=O) groups excluding carboxylic acids is 1. The first-order chi connectivity index (χ1) is 14.2. The van der Waals surface area contributed by atoms with E-state index in [0.29, 0.717) is 12.3 Å². The molecule has 0 aliphatic rings. The lowest BCUT2D eigenvalue weighted by Gasteiger charge is -2.29. The number of nitrogens with zero attached hydrogens (tertiary/aromatic N) is 2. The molecule has 1 atom stereocenters. The van der Waals surface area contributed by atoms with Gasteiger partial charge in [0, 0.05) is 30.4 Å². The second-order valence-electron chi connectivity index (χ2n) is 7.31. The minimum absolute atomic E-state index is 0.0593. The minimum atomic E-state index is -0.0847. The Bertz CT molecular complexity index is 1040. The summed E-state index contributed by atoms with van der Waals surface area (Å²) >= 11 is 0. The van der Waals surface area contributed by atoms with Crippen molar-refractivity contribution >= 4 is 16.9 Å². The SMILES string of the molecule is C[C@@H](CCc1ccccc1)N(Cc1ccncc1)C(=O)c1cc2ccccc2o1. The third kappa shape index (κ3) is 4.54. The van der Waals surface area contributed by atoms with E-state index in [9.17, 15) is 4.79 Å². The van der Waals surface area contributed by atoms with Crippen LogP contribution in [-0.4, -0.2) is 21.8 Å². The molecular formula is C25H24N2O2. The highest BCUT2D eigenvalue weighted by molar-refractivity contribution is 5.96. The topological polar surface area (TPSA) is 46.3 Å². The Hall–Kier alpha value is -3.40. The van der Waals surface area contributed by atoms with Gasteiger partial charge in [-0.3, -0.25) is 9.78 Å². The third-order valence-corrected chi connectivity index (χ3v) is 5.23. The summed E-state index contributed by atoms with van der Waals surface area (Å²) in [6, 6.07) is 23.9. The van der Waals surface area contributed by atoms with Crippen LogP contribution < -0.4 is 0 Å². The van der Waals surface area contributed by atoms with Crippen LogP contribution in [0.25, 0.3) is 11.0 Å². The molecule has 0 saturated carbocycles. The lowest BCUT2D eigenvalue weighted by atomic mass is 10.0. The fourth-order valence-electron chi connectivity index (χ4n) is 3.52. The molecular weight excluding hydrogens is 360 g/mol. The maximum absolute atomic E-state index is 13.4. The van der Waals surface area contributed by atoms with Crippen molar-refractivity contribution in [1.29, 1.82) is 0 Å². The van der Waals surface area contributed by atoms with Crippen LogP contribution in [0.3, 0.4) is 0 Å². The Balaban J connectivity index is 1.57. The monoisotopic (exact) mass is 384 g/mol. The van der Waals surface area contributed by atoms with Crippen molar-refractivity contribution in [3.63, 3.8) is 0 Å². The van der Waals surface area contributed by atoms with Gasteiger partial charge < -0.3 is 9.32 Å². The maximum Gasteiger partial charge on any atom is 0.290 e. The highest BCUT2D eigenvalue weighted by atomic mass is 16.3. The van der Waals surface area contributed by atoms with Crippen LogP contribution in [0.1, 0.15) is 35.0 Å². The number of carbonyl (C=O) groups is 1. The number of pyridine rings is 1. The van der Waals surface area contributed by atoms with Crippen molar-refractivity contribution in [2.24, 2.45) is 0 Å². The average molecular weight is 384 g/mol. The van der Waals surface area contributed by atoms with Gasteiger partial charge in [-0.25, -0.2) is 0 Å². The number of rotatable bonds is 7. The van der Waals surface area contributed by atoms with Crippen LogP contribution >= 0.6 is 0 Å². The maximum atomic E-state index is 13.4. The first kappa shape index (κ1) is 18.9. The Kier molecular flexibility index (Phi) is 5.71. The quantitative estimate of drug-likeness (QED) is 0.423. The summed E-state index contributed by atoms with van der Waals surface area (Å²) in [5.41, 5.74) is 3.06. The molecule has 1 amide bonds. The van der Waals surface area contributed by atoms with Gasteiger partial charge >= 0.3 is 0 Å². The molecule has 0 bridgehead atoms. The highest BCUT2D eigenvalue weighted by Crippen LogP contribution is 2.23. The largest absolute Gasteiger partial charge is 0.451 e. The number of furan rings is 1. The van der Waals surface area contributed by atoms with Crippen LogP contribution in [0.15, 0.2) is 89.6 Å². The molecule has 4 nitrogen and oxygen atoms in total. The van der Waals surface area contributed by atoms with Gasteiger partial charge in [-0.05, 0) is 55.2 Å². The average Bonchev–Trinajstić information content (AvgIpc) is 3.21. The molecule has 0 aliphatic heterocycles. The van der Waals surface area contributed by atoms with Gasteiger partial charge in [0.1, 0.15) is 5.58 Å². The fraction of sp³-hybridized carbons (Fsp3) is 0.200. The van der Waals surface area contributed by atoms with Gasteiger partial charge in [0.15, 0.2) is 5.76 Å². The second kappa shape index (κ2) is 8.74. The number of hydrogen-bond donors (Lipinski definition) is 0. The number of aromatic nitrogens is 1. The molecule has 0 saturated heterocycles. The molecule has 0 unspecified atom stereocenters. The van der Waals surface area contributed by atoms with E-state index in [1.807, 2.05) is 65.6 Å². The molecule has 0 fully saturated rings.